The van der Waals surface area contributed by atoms with E-state index >= 15 is 0 Å². The third kappa shape index (κ3) is 8.08. The molecular formula is C29H37N2O4PS. The fourth-order valence-corrected chi connectivity index (χ4v) is 5.58. The Labute approximate surface area is 225 Å². The van der Waals surface area contributed by atoms with Gasteiger partial charge in [0.15, 0.2) is 6.49 Å². The number of fused-ring (bicyclic) bond motifs is 5. The van der Waals surface area contributed by atoms with E-state index in [1.165, 1.54) is 16.7 Å². The van der Waals surface area contributed by atoms with Gasteiger partial charge in [-0.15, -0.1) is 0 Å². The van der Waals surface area contributed by atoms with Crippen molar-refractivity contribution in [3.8, 4) is 0 Å². The quantitative estimate of drug-likeness (QED) is 0.244. The van der Waals surface area contributed by atoms with Crippen LogP contribution >= 0.6 is 6.49 Å². The molecule has 0 fully saturated rings. The Kier molecular flexibility index (Phi) is 9.71. The number of carbonyl (C=O) groups excluding carboxylic acids is 2. The van der Waals surface area contributed by atoms with Crippen LogP contribution in [0, 0.1) is 0 Å². The summed E-state index contributed by atoms with van der Waals surface area (Å²) in [5.41, 5.74) is 5.92. The van der Waals surface area contributed by atoms with E-state index in [0.717, 1.165) is 36.9 Å². The van der Waals surface area contributed by atoms with Crippen LogP contribution in [0.15, 0.2) is 54.6 Å². The van der Waals surface area contributed by atoms with Crippen molar-refractivity contribution in [2.75, 3.05) is 24.7 Å². The van der Waals surface area contributed by atoms with Crippen LogP contribution in [0.25, 0.3) is 5.57 Å². The van der Waals surface area contributed by atoms with Gasteiger partial charge in [0, 0.05) is 37.5 Å². The van der Waals surface area contributed by atoms with Crippen molar-refractivity contribution in [1.82, 2.24) is 5.32 Å². The number of benzene rings is 2. The number of nitrogens with zero attached hydrogens (tertiary/aromatic N) is 1. The highest BCUT2D eigenvalue weighted by Gasteiger charge is 2.35. The predicted octanol–water partition coefficient (Wildman–Crippen LogP) is 5.90. The molecule has 2 atom stereocenters. The van der Waals surface area contributed by atoms with Crippen LogP contribution in [0.5, 0.6) is 0 Å². The van der Waals surface area contributed by atoms with E-state index in [1.54, 1.807) is 6.66 Å². The van der Waals surface area contributed by atoms with Gasteiger partial charge in [0.25, 0.3) is 0 Å². The van der Waals surface area contributed by atoms with E-state index in [0.29, 0.717) is 51.3 Å². The standard InChI is InChI=1S/C29H37N2O4PS/c1-36(34,37)35-19-11-3-2-10-18-30-28(32)16-8-9-17-29(33)31-21-22-12-4-5-13-23(22)25-20-26(25)24-14-6-7-15-27(24)31/h4-7,12-15,20,25H,2-3,8-11,16-19,21H2,1H3,(H,30,32)(H,34,37). The van der Waals surface area contributed by atoms with Gasteiger partial charge in [0.05, 0.1) is 18.8 Å². The number of para-hydroxylation sites is 1. The summed E-state index contributed by atoms with van der Waals surface area (Å²) in [5, 5.41) is 2.98. The maximum Gasteiger partial charge on any atom is 0.227 e. The molecule has 2 aliphatic rings. The summed E-state index contributed by atoms with van der Waals surface area (Å²) in [5.74, 6) is 0.504. The van der Waals surface area contributed by atoms with Crippen LogP contribution < -0.4 is 10.2 Å². The Bertz CT molecular complexity index is 1190. The zero-order chi connectivity index (χ0) is 26.3. The number of unbranched alkanes of at least 4 members (excludes halogenated alkanes) is 4. The van der Waals surface area contributed by atoms with Gasteiger partial charge in [-0.2, -0.15) is 0 Å². The first-order valence-corrected chi connectivity index (χ1v) is 16.4. The van der Waals surface area contributed by atoms with E-state index in [9.17, 15) is 14.5 Å². The molecule has 37 heavy (non-hydrogen) atoms. The normalized spacial score (nSPS) is 17.3. The van der Waals surface area contributed by atoms with Crippen LogP contribution in [0.2, 0.25) is 0 Å². The number of rotatable bonds is 13. The van der Waals surface area contributed by atoms with Gasteiger partial charge < -0.3 is 19.6 Å². The molecule has 2 amide bonds. The van der Waals surface area contributed by atoms with Crippen molar-refractivity contribution in [3.05, 3.63) is 71.3 Å². The van der Waals surface area contributed by atoms with E-state index in [1.807, 2.05) is 29.2 Å². The van der Waals surface area contributed by atoms with Gasteiger partial charge in [-0.05, 0) is 60.3 Å². The summed E-state index contributed by atoms with van der Waals surface area (Å²) in [6.45, 7) is 0.729. The number of nitrogens with one attached hydrogen (secondary N) is 1. The summed E-state index contributed by atoms with van der Waals surface area (Å²) in [4.78, 5) is 36.9. The molecule has 0 aromatic heterocycles. The molecule has 2 aromatic carbocycles. The molecule has 0 radical (unpaired) electrons. The SMILES string of the molecule is CP(O)(=S)OCCCCCCNC(=O)CCCCC(=O)N1Cc2ccccc2C2C=C2c2ccccc21. The van der Waals surface area contributed by atoms with Crippen LogP contribution in [0.4, 0.5) is 5.69 Å². The minimum Gasteiger partial charge on any atom is -0.356 e. The zero-order valence-electron chi connectivity index (χ0n) is 21.5. The number of anilines is 1. The van der Waals surface area contributed by atoms with E-state index in [2.05, 4.69) is 35.7 Å². The zero-order valence-corrected chi connectivity index (χ0v) is 23.2. The molecule has 0 saturated heterocycles. The lowest BCUT2D eigenvalue weighted by atomic mass is 9.94. The largest absolute Gasteiger partial charge is 0.356 e. The number of hydrogen-bond donors (Lipinski definition) is 2. The molecule has 198 valence electrons. The highest BCUT2D eigenvalue weighted by molar-refractivity contribution is 8.09. The first-order valence-electron chi connectivity index (χ1n) is 13.2. The molecule has 2 aromatic rings. The topological polar surface area (TPSA) is 78.9 Å². The Morgan fingerprint density at radius 1 is 1.03 bits per heavy atom. The van der Waals surface area contributed by atoms with Gasteiger partial charge in [0.1, 0.15) is 0 Å². The van der Waals surface area contributed by atoms with Crippen molar-refractivity contribution < 1.29 is 19.0 Å². The molecule has 1 aliphatic heterocycles. The van der Waals surface area contributed by atoms with Crippen LogP contribution in [-0.2, 0) is 32.5 Å². The molecule has 8 heteroatoms. The minimum atomic E-state index is -2.55. The molecule has 1 aliphatic carbocycles. The first kappa shape index (κ1) is 27.7. The Morgan fingerprint density at radius 2 is 1.76 bits per heavy atom. The lowest BCUT2D eigenvalue weighted by Crippen LogP contribution is -2.32. The molecule has 0 saturated carbocycles. The van der Waals surface area contributed by atoms with Gasteiger partial charge in [0.2, 0.25) is 11.8 Å². The summed E-state index contributed by atoms with van der Waals surface area (Å²) < 4.78 is 5.22. The van der Waals surface area contributed by atoms with Crippen molar-refractivity contribution >= 4 is 41.4 Å². The van der Waals surface area contributed by atoms with E-state index in [4.69, 9.17) is 16.3 Å². The fraction of sp³-hybridized carbons (Fsp3) is 0.448. The van der Waals surface area contributed by atoms with Crippen LogP contribution in [-0.4, -0.2) is 36.5 Å². The number of allylic oxidation sites excluding steroid dienone is 2. The predicted molar refractivity (Wildman–Crippen MR) is 153 cm³/mol. The van der Waals surface area contributed by atoms with Gasteiger partial charge >= 0.3 is 0 Å². The molecule has 2 N–H and O–H groups in total. The van der Waals surface area contributed by atoms with Gasteiger partial charge in [-0.1, -0.05) is 61.4 Å². The maximum atomic E-state index is 13.4. The Balaban J connectivity index is 1.18. The molecule has 1 heterocycles. The molecule has 4 rings (SSSR count). The fourth-order valence-electron chi connectivity index (χ4n) is 4.89. The Morgan fingerprint density at radius 3 is 2.59 bits per heavy atom. The molecular weight excluding hydrogens is 503 g/mol. The van der Waals surface area contributed by atoms with Gasteiger partial charge in [-0.3, -0.25) is 9.59 Å². The highest BCUT2D eigenvalue weighted by atomic mass is 32.5. The number of hydrogen-bond acceptors (Lipinski definition) is 4. The lowest BCUT2D eigenvalue weighted by Gasteiger charge is -2.28. The average molecular weight is 541 g/mol. The summed E-state index contributed by atoms with van der Waals surface area (Å²) >= 11 is 4.84. The second-order valence-electron chi connectivity index (χ2n) is 9.90. The summed E-state index contributed by atoms with van der Waals surface area (Å²) in [7, 11) is 0. The smallest absolute Gasteiger partial charge is 0.227 e. The minimum absolute atomic E-state index is 0.0416. The first-order chi connectivity index (χ1) is 17.8. The van der Waals surface area contributed by atoms with E-state index in [-0.39, 0.29) is 11.8 Å². The second kappa shape index (κ2) is 13.0. The summed E-state index contributed by atoms with van der Waals surface area (Å²) in [6.07, 6.45) is 8.28. The van der Waals surface area contributed by atoms with Crippen molar-refractivity contribution in [1.29, 1.82) is 0 Å². The summed E-state index contributed by atoms with van der Waals surface area (Å²) in [6, 6.07) is 16.6. The maximum absolute atomic E-state index is 13.4. The average Bonchev–Trinajstić information content (AvgIpc) is 3.65. The molecule has 2 unspecified atom stereocenters. The third-order valence-electron chi connectivity index (χ3n) is 6.87. The number of amides is 2. The highest BCUT2D eigenvalue weighted by Crippen LogP contribution is 2.51. The van der Waals surface area contributed by atoms with Gasteiger partial charge in [-0.25, -0.2) is 0 Å². The van der Waals surface area contributed by atoms with Crippen LogP contribution in [0.3, 0.4) is 0 Å². The second-order valence-corrected chi connectivity index (χ2v) is 13.8. The molecule has 0 bridgehead atoms. The van der Waals surface area contributed by atoms with E-state index < -0.39 is 6.49 Å². The lowest BCUT2D eigenvalue weighted by molar-refractivity contribution is -0.122. The van der Waals surface area contributed by atoms with Crippen LogP contribution in [0.1, 0.15) is 74.0 Å². The monoisotopic (exact) mass is 540 g/mol. The van der Waals surface area contributed by atoms with Crippen molar-refractivity contribution in [2.45, 2.75) is 63.8 Å². The van der Waals surface area contributed by atoms with Crippen molar-refractivity contribution in [3.63, 3.8) is 0 Å². The third-order valence-corrected chi connectivity index (χ3v) is 7.84. The molecule has 6 nitrogen and oxygen atoms in total. The van der Waals surface area contributed by atoms with Crippen molar-refractivity contribution in [2.24, 2.45) is 0 Å². The molecule has 0 spiro atoms. The Hall–Kier alpha value is -2.31. The number of carbonyl (C=O) groups is 2.